The summed E-state index contributed by atoms with van der Waals surface area (Å²) in [5.41, 5.74) is 0.739. The van der Waals surface area contributed by atoms with Gasteiger partial charge in [0.2, 0.25) is 5.91 Å². The number of ether oxygens (including phenoxy) is 1. The Balaban J connectivity index is 0.00000341. The molecule has 3 rings (SSSR count). The number of rotatable bonds is 5. The summed E-state index contributed by atoms with van der Waals surface area (Å²) in [6, 6.07) is 4.01. The van der Waals surface area contributed by atoms with E-state index in [2.05, 4.69) is 20.1 Å². The van der Waals surface area contributed by atoms with Crippen LogP contribution in [0.1, 0.15) is 18.4 Å². The van der Waals surface area contributed by atoms with Gasteiger partial charge in [-0.2, -0.15) is 0 Å². The van der Waals surface area contributed by atoms with Gasteiger partial charge in [-0.1, -0.05) is 13.0 Å². The molecule has 0 saturated carbocycles. The van der Waals surface area contributed by atoms with Crippen LogP contribution in [0.4, 0.5) is 8.78 Å². The Bertz CT molecular complexity index is 753. The molecule has 31 heavy (non-hydrogen) atoms. The second-order valence-electron chi connectivity index (χ2n) is 7.76. The Hall–Kier alpha value is -1.53. The minimum Gasteiger partial charge on any atom is -0.378 e. The second kappa shape index (κ2) is 12.5. The molecule has 2 saturated heterocycles. The third kappa shape index (κ3) is 7.25. The van der Waals surface area contributed by atoms with E-state index in [-0.39, 0.29) is 35.8 Å². The number of hydrogen-bond acceptors (Lipinski definition) is 4. The Morgan fingerprint density at radius 1 is 1.10 bits per heavy atom. The lowest BCUT2D eigenvalue weighted by Crippen LogP contribution is -2.55. The van der Waals surface area contributed by atoms with Crippen LogP contribution in [0.2, 0.25) is 0 Å². The molecular weight excluding hydrogens is 519 g/mol. The van der Waals surface area contributed by atoms with Gasteiger partial charge in [0.1, 0.15) is 0 Å². The third-order valence-electron chi connectivity index (χ3n) is 5.69. The first kappa shape index (κ1) is 25.7. The number of nitrogens with zero attached hydrogens (tertiary/aromatic N) is 4. The molecule has 2 aliphatic rings. The molecule has 0 radical (unpaired) electrons. The van der Waals surface area contributed by atoms with Crippen molar-refractivity contribution in [2.75, 3.05) is 72.6 Å². The van der Waals surface area contributed by atoms with Crippen LogP contribution in [-0.4, -0.2) is 99.2 Å². The first-order chi connectivity index (χ1) is 14.5. The summed E-state index contributed by atoms with van der Waals surface area (Å²) in [4.78, 5) is 23.0. The maximum absolute atomic E-state index is 13.5. The summed E-state index contributed by atoms with van der Waals surface area (Å²) in [6.07, 6.45) is 0. The van der Waals surface area contributed by atoms with Crippen LogP contribution in [0, 0.1) is 11.6 Å². The minimum absolute atomic E-state index is 0. The van der Waals surface area contributed by atoms with E-state index in [1.54, 1.807) is 13.1 Å². The largest absolute Gasteiger partial charge is 0.378 e. The maximum atomic E-state index is 13.5. The molecule has 0 bridgehead atoms. The maximum Gasteiger partial charge on any atom is 0.236 e. The summed E-state index contributed by atoms with van der Waals surface area (Å²) >= 11 is 0. The van der Waals surface area contributed by atoms with Gasteiger partial charge in [-0.15, -0.1) is 24.0 Å². The normalized spacial score (nSPS) is 19.0. The van der Waals surface area contributed by atoms with Gasteiger partial charge in [0.15, 0.2) is 17.6 Å². The molecule has 2 aliphatic heterocycles. The number of aliphatic imine (C=N–C) groups is 1. The number of guanidine groups is 1. The first-order valence-electron chi connectivity index (χ1n) is 10.5. The number of halogens is 3. The fourth-order valence-corrected chi connectivity index (χ4v) is 3.74. The summed E-state index contributed by atoms with van der Waals surface area (Å²) in [5.74, 6) is -0.714. The Morgan fingerprint density at radius 2 is 1.77 bits per heavy atom. The number of carbonyl (C=O) groups is 1. The highest BCUT2D eigenvalue weighted by Gasteiger charge is 2.24. The lowest BCUT2D eigenvalue weighted by Gasteiger charge is -2.37. The van der Waals surface area contributed by atoms with Gasteiger partial charge in [-0.05, 0) is 23.6 Å². The summed E-state index contributed by atoms with van der Waals surface area (Å²) in [5, 5.41) is 3.33. The zero-order valence-electron chi connectivity index (χ0n) is 18.1. The lowest BCUT2D eigenvalue weighted by molar-refractivity contribution is -0.136. The number of hydrogen-bond donors (Lipinski definition) is 1. The van der Waals surface area contributed by atoms with Crippen molar-refractivity contribution >= 4 is 35.8 Å². The highest BCUT2D eigenvalue weighted by atomic mass is 127. The molecule has 1 aromatic carbocycles. The van der Waals surface area contributed by atoms with Crippen LogP contribution in [0.25, 0.3) is 0 Å². The van der Waals surface area contributed by atoms with Gasteiger partial charge in [0.05, 0.1) is 19.8 Å². The van der Waals surface area contributed by atoms with Crippen molar-refractivity contribution in [3.8, 4) is 0 Å². The highest BCUT2D eigenvalue weighted by Crippen LogP contribution is 2.17. The number of piperazine rings is 1. The highest BCUT2D eigenvalue weighted by molar-refractivity contribution is 14.0. The fraction of sp³-hybridized carbons (Fsp3) is 0.619. The molecule has 1 atom stereocenters. The Kier molecular flexibility index (Phi) is 10.4. The predicted octanol–water partition coefficient (Wildman–Crippen LogP) is 1.74. The molecule has 174 valence electrons. The average Bonchev–Trinajstić information content (AvgIpc) is 2.77. The van der Waals surface area contributed by atoms with Crippen molar-refractivity contribution in [3.05, 3.63) is 35.4 Å². The van der Waals surface area contributed by atoms with E-state index in [4.69, 9.17) is 4.74 Å². The summed E-state index contributed by atoms with van der Waals surface area (Å²) in [7, 11) is 1.74. The average molecular weight is 551 g/mol. The van der Waals surface area contributed by atoms with Crippen LogP contribution in [0.15, 0.2) is 23.2 Å². The van der Waals surface area contributed by atoms with Gasteiger partial charge in [0, 0.05) is 52.9 Å². The van der Waals surface area contributed by atoms with Crippen LogP contribution >= 0.6 is 24.0 Å². The second-order valence-corrected chi connectivity index (χ2v) is 7.76. The van der Waals surface area contributed by atoms with E-state index in [9.17, 15) is 13.6 Å². The molecule has 0 aliphatic carbocycles. The number of nitrogens with one attached hydrogen (secondary N) is 1. The van der Waals surface area contributed by atoms with Gasteiger partial charge in [-0.3, -0.25) is 14.7 Å². The van der Waals surface area contributed by atoms with Crippen molar-refractivity contribution in [2.24, 2.45) is 4.99 Å². The number of benzene rings is 1. The number of morpholine rings is 1. The topological polar surface area (TPSA) is 60.4 Å². The van der Waals surface area contributed by atoms with Crippen LogP contribution in [-0.2, 0) is 9.53 Å². The summed E-state index contributed by atoms with van der Waals surface area (Å²) < 4.78 is 31.9. The quantitative estimate of drug-likeness (QED) is 0.344. The first-order valence-corrected chi connectivity index (χ1v) is 10.5. The molecule has 2 fully saturated rings. The SMILES string of the molecule is CN=C(NCC(C)c1ccc(F)c(F)c1)N1CCN(CC(=O)N2CCOCC2)CC1.I. The van der Waals surface area contributed by atoms with Crippen molar-refractivity contribution in [2.45, 2.75) is 12.8 Å². The molecule has 1 amide bonds. The van der Waals surface area contributed by atoms with E-state index < -0.39 is 11.6 Å². The van der Waals surface area contributed by atoms with Gasteiger partial charge < -0.3 is 19.9 Å². The number of amides is 1. The van der Waals surface area contributed by atoms with Crippen molar-refractivity contribution in [3.63, 3.8) is 0 Å². The lowest BCUT2D eigenvalue weighted by atomic mass is 10.0. The molecular formula is C21H32F2IN5O2. The molecule has 1 aromatic rings. The van der Waals surface area contributed by atoms with Crippen LogP contribution < -0.4 is 5.32 Å². The van der Waals surface area contributed by atoms with E-state index in [1.807, 2.05) is 11.8 Å². The van der Waals surface area contributed by atoms with Crippen molar-refractivity contribution in [1.29, 1.82) is 0 Å². The van der Waals surface area contributed by atoms with Crippen molar-refractivity contribution in [1.82, 2.24) is 20.0 Å². The zero-order valence-corrected chi connectivity index (χ0v) is 20.5. The van der Waals surface area contributed by atoms with E-state index >= 15 is 0 Å². The molecule has 2 heterocycles. The van der Waals surface area contributed by atoms with Crippen molar-refractivity contribution < 1.29 is 18.3 Å². The standard InChI is InChI=1S/C21H31F2N5O2.HI/c1-16(17-3-4-18(22)19(23)13-17)14-25-21(24-2)28-7-5-26(6-8-28)15-20(29)27-9-11-30-12-10-27;/h3-4,13,16H,5-12,14-15H2,1-2H3,(H,24,25);1H. The molecule has 10 heteroatoms. The molecule has 1 N–H and O–H groups in total. The van der Waals surface area contributed by atoms with Crippen LogP contribution in [0.5, 0.6) is 0 Å². The van der Waals surface area contributed by atoms with Gasteiger partial charge in [0.25, 0.3) is 0 Å². The van der Waals surface area contributed by atoms with E-state index in [1.165, 1.54) is 6.07 Å². The third-order valence-corrected chi connectivity index (χ3v) is 5.69. The zero-order chi connectivity index (χ0) is 21.5. The Labute approximate surface area is 199 Å². The summed E-state index contributed by atoms with van der Waals surface area (Å²) in [6.45, 7) is 8.66. The smallest absolute Gasteiger partial charge is 0.236 e. The Morgan fingerprint density at radius 3 is 2.39 bits per heavy atom. The fourth-order valence-electron chi connectivity index (χ4n) is 3.74. The minimum atomic E-state index is -0.834. The predicted molar refractivity (Wildman–Crippen MR) is 127 cm³/mol. The van der Waals surface area contributed by atoms with Crippen LogP contribution in [0.3, 0.4) is 0 Å². The molecule has 7 nitrogen and oxygen atoms in total. The van der Waals surface area contributed by atoms with Gasteiger partial charge in [-0.25, -0.2) is 8.78 Å². The molecule has 1 unspecified atom stereocenters. The number of carbonyl (C=O) groups excluding carboxylic acids is 1. The van der Waals surface area contributed by atoms with Gasteiger partial charge >= 0.3 is 0 Å². The molecule has 0 spiro atoms. The van der Waals surface area contributed by atoms with E-state index in [0.29, 0.717) is 39.4 Å². The monoisotopic (exact) mass is 551 g/mol. The van der Waals surface area contributed by atoms with E-state index in [0.717, 1.165) is 43.8 Å². The molecule has 0 aromatic heterocycles.